The Morgan fingerprint density at radius 2 is 2.21 bits per heavy atom. The Kier molecular flexibility index (Phi) is 6.25. The van der Waals surface area contributed by atoms with E-state index in [1.165, 1.54) is 19.2 Å². The fourth-order valence-corrected chi connectivity index (χ4v) is 2.09. The maximum atomic E-state index is 13.0. The van der Waals surface area contributed by atoms with Crippen LogP contribution in [-0.2, 0) is 16.1 Å². The van der Waals surface area contributed by atoms with Crippen LogP contribution in [0.15, 0.2) is 18.2 Å². The van der Waals surface area contributed by atoms with Gasteiger partial charge in [0.1, 0.15) is 5.82 Å². The Morgan fingerprint density at radius 1 is 1.53 bits per heavy atom. The molecule has 0 aliphatic heterocycles. The first kappa shape index (κ1) is 15.9. The number of nitrogens with zero attached hydrogens (tertiary/aromatic N) is 1. The molecule has 0 spiro atoms. The first-order valence-electron chi connectivity index (χ1n) is 6.22. The number of benzene rings is 1. The zero-order chi connectivity index (χ0) is 14.4. The van der Waals surface area contributed by atoms with Gasteiger partial charge in [-0.25, -0.2) is 4.39 Å². The van der Waals surface area contributed by atoms with Crippen LogP contribution in [-0.4, -0.2) is 31.1 Å². The van der Waals surface area contributed by atoms with Crippen LogP contribution in [0.3, 0.4) is 0 Å². The Labute approximate surface area is 118 Å². The van der Waals surface area contributed by atoms with Crippen LogP contribution in [0, 0.1) is 11.7 Å². The van der Waals surface area contributed by atoms with Crippen molar-refractivity contribution in [2.75, 3.05) is 20.2 Å². The van der Waals surface area contributed by atoms with E-state index in [0.29, 0.717) is 18.1 Å². The molecule has 1 aromatic rings. The fraction of sp³-hybridized carbons (Fsp3) is 0.500. The SMILES string of the molecule is CCN(Cc1ccc(F)cc1Cl)CC(C)C(=O)OC. The summed E-state index contributed by atoms with van der Waals surface area (Å²) in [6, 6.07) is 4.36. The summed E-state index contributed by atoms with van der Waals surface area (Å²) in [5, 5.41) is 0.407. The fourth-order valence-electron chi connectivity index (χ4n) is 1.86. The molecule has 0 amide bonds. The van der Waals surface area contributed by atoms with Crippen molar-refractivity contribution in [1.82, 2.24) is 4.90 Å². The van der Waals surface area contributed by atoms with E-state index >= 15 is 0 Å². The lowest BCUT2D eigenvalue weighted by molar-refractivity contribution is -0.145. The highest BCUT2D eigenvalue weighted by Crippen LogP contribution is 2.19. The van der Waals surface area contributed by atoms with Gasteiger partial charge in [0.25, 0.3) is 0 Å². The normalized spacial score (nSPS) is 12.5. The van der Waals surface area contributed by atoms with Crippen molar-refractivity contribution >= 4 is 17.6 Å². The van der Waals surface area contributed by atoms with Gasteiger partial charge in [-0.05, 0) is 24.2 Å². The molecule has 106 valence electrons. The Bertz CT molecular complexity index is 439. The maximum absolute atomic E-state index is 13.0. The quantitative estimate of drug-likeness (QED) is 0.753. The molecule has 0 aliphatic rings. The molecule has 5 heteroatoms. The van der Waals surface area contributed by atoms with E-state index in [2.05, 4.69) is 4.90 Å². The van der Waals surface area contributed by atoms with Crippen molar-refractivity contribution in [2.45, 2.75) is 20.4 Å². The first-order valence-corrected chi connectivity index (χ1v) is 6.59. The summed E-state index contributed by atoms with van der Waals surface area (Å²) in [6.07, 6.45) is 0. The number of rotatable bonds is 6. The van der Waals surface area contributed by atoms with Crippen LogP contribution in [0.2, 0.25) is 5.02 Å². The number of hydrogen-bond acceptors (Lipinski definition) is 3. The van der Waals surface area contributed by atoms with Crippen LogP contribution in [0.25, 0.3) is 0 Å². The highest BCUT2D eigenvalue weighted by molar-refractivity contribution is 6.31. The van der Waals surface area contributed by atoms with Gasteiger partial charge < -0.3 is 4.74 Å². The van der Waals surface area contributed by atoms with E-state index in [0.717, 1.165) is 12.1 Å². The molecule has 0 saturated carbocycles. The van der Waals surface area contributed by atoms with Gasteiger partial charge in [-0.2, -0.15) is 0 Å². The molecule has 3 nitrogen and oxygen atoms in total. The van der Waals surface area contributed by atoms with E-state index in [-0.39, 0.29) is 17.7 Å². The Balaban J connectivity index is 2.68. The van der Waals surface area contributed by atoms with Gasteiger partial charge in [-0.3, -0.25) is 9.69 Å². The average molecular weight is 288 g/mol. The summed E-state index contributed by atoms with van der Waals surface area (Å²) in [6.45, 7) is 5.76. The van der Waals surface area contributed by atoms with Crippen LogP contribution in [0.1, 0.15) is 19.4 Å². The number of esters is 1. The summed E-state index contributed by atoms with van der Waals surface area (Å²) >= 11 is 6.00. The highest BCUT2D eigenvalue weighted by Gasteiger charge is 2.17. The van der Waals surface area contributed by atoms with Gasteiger partial charge in [0, 0.05) is 18.1 Å². The van der Waals surface area contributed by atoms with Crippen molar-refractivity contribution in [3.8, 4) is 0 Å². The largest absolute Gasteiger partial charge is 0.469 e. The monoisotopic (exact) mass is 287 g/mol. The molecule has 0 N–H and O–H groups in total. The van der Waals surface area contributed by atoms with Crippen LogP contribution in [0.4, 0.5) is 4.39 Å². The third-order valence-corrected chi connectivity index (χ3v) is 3.34. The zero-order valence-corrected chi connectivity index (χ0v) is 12.2. The third-order valence-electron chi connectivity index (χ3n) is 2.99. The van der Waals surface area contributed by atoms with Gasteiger partial charge in [-0.15, -0.1) is 0 Å². The molecular formula is C14H19ClFNO2. The van der Waals surface area contributed by atoms with E-state index in [9.17, 15) is 9.18 Å². The van der Waals surface area contributed by atoms with Crippen molar-refractivity contribution in [1.29, 1.82) is 0 Å². The van der Waals surface area contributed by atoms with Crippen molar-refractivity contribution in [2.24, 2.45) is 5.92 Å². The van der Waals surface area contributed by atoms with Crippen LogP contribution >= 0.6 is 11.6 Å². The van der Waals surface area contributed by atoms with Gasteiger partial charge in [0.2, 0.25) is 0 Å². The predicted octanol–water partition coefficient (Wildman–Crippen LogP) is 3.11. The van der Waals surface area contributed by atoms with Crippen molar-refractivity contribution in [3.63, 3.8) is 0 Å². The number of carbonyl (C=O) groups is 1. The van der Waals surface area contributed by atoms with Crippen molar-refractivity contribution < 1.29 is 13.9 Å². The Morgan fingerprint density at radius 3 is 2.74 bits per heavy atom. The maximum Gasteiger partial charge on any atom is 0.309 e. The first-order chi connectivity index (χ1) is 8.97. The Hall–Kier alpha value is -1.13. The van der Waals surface area contributed by atoms with Gasteiger partial charge in [-0.1, -0.05) is 31.5 Å². The summed E-state index contributed by atoms with van der Waals surface area (Å²) in [5.74, 6) is -0.785. The molecule has 1 rings (SSSR count). The minimum absolute atomic E-state index is 0.204. The molecule has 0 bridgehead atoms. The highest BCUT2D eigenvalue weighted by atomic mass is 35.5. The minimum atomic E-state index is -0.347. The molecule has 1 atom stereocenters. The molecule has 1 aromatic carbocycles. The molecule has 1 unspecified atom stereocenters. The number of halogens is 2. The van der Waals surface area contributed by atoms with E-state index in [1.807, 2.05) is 13.8 Å². The molecule has 0 aromatic heterocycles. The number of carbonyl (C=O) groups excluding carboxylic acids is 1. The number of hydrogen-bond donors (Lipinski definition) is 0. The second-order valence-corrected chi connectivity index (χ2v) is 4.89. The summed E-state index contributed by atoms with van der Waals surface area (Å²) < 4.78 is 17.7. The van der Waals surface area contributed by atoms with E-state index < -0.39 is 0 Å². The van der Waals surface area contributed by atoms with E-state index in [4.69, 9.17) is 16.3 Å². The molecular weight excluding hydrogens is 269 g/mol. The lowest BCUT2D eigenvalue weighted by Crippen LogP contribution is -2.32. The molecule has 0 radical (unpaired) electrons. The lowest BCUT2D eigenvalue weighted by atomic mass is 10.1. The molecule has 0 fully saturated rings. The van der Waals surface area contributed by atoms with Crippen LogP contribution < -0.4 is 0 Å². The number of methoxy groups -OCH3 is 1. The lowest BCUT2D eigenvalue weighted by Gasteiger charge is -2.23. The topological polar surface area (TPSA) is 29.5 Å². The van der Waals surface area contributed by atoms with E-state index in [1.54, 1.807) is 6.07 Å². The summed E-state index contributed by atoms with van der Waals surface area (Å²) in [5.41, 5.74) is 0.849. The van der Waals surface area contributed by atoms with Gasteiger partial charge >= 0.3 is 5.97 Å². The minimum Gasteiger partial charge on any atom is -0.469 e. The third kappa shape index (κ3) is 4.80. The van der Waals surface area contributed by atoms with Gasteiger partial charge in [0.15, 0.2) is 0 Å². The zero-order valence-electron chi connectivity index (χ0n) is 11.5. The van der Waals surface area contributed by atoms with Gasteiger partial charge in [0.05, 0.1) is 13.0 Å². The second kappa shape index (κ2) is 7.46. The average Bonchev–Trinajstić information content (AvgIpc) is 2.39. The predicted molar refractivity (Wildman–Crippen MR) is 73.5 cm³/mol. The van der Waals surface area contributed by atoms with Crippen LogP contribution in [0.5, 0.6) is 0 Å². The second-order valence-electron chi connectivity index (χ2n) is 4.49. The molecule has 19 heavy (non-hydrogen) atoms. The molecule has 0 heterocycles. The molecule has 0 aliphatic carbocycles. The smallest absolute Gasteiger partial charge is 0.309 e. The number of ether oxygens (including phenoxy) is 1. The summed E-state index contributed by atoms with van der Waals surface area (Å²) in [4.78, 5) is 13.5. The molecule has 0 saturated heterocycles. The van der Waals surface area contributed by atoms with Crippen molar-refractivity contribution in [3.05, 3.63) is 34.6 Å². The summed E-state index contributed by atoms with van der Waals surface area (Å²) in [7, 11) is 1.38. The standard InChI is InChI=1S/C14H19ClFNO2/c1-4-17(8-10(2)14(18)19-3)9-11-5-6-12(16)7-13(11)15/h5-7,10H,4,8-9H2,1-3H3.